The van der Waals surface area contributed by atoms with Crippen molar-refractivity contribution in [2.24, 2.45) is 5.73 Å². The Balaban J connectivity index is 2.05. The van der Waals surface area contributed by atoms with Crippen molar-refractivity contribution in [2.45, 2.75) is 12.1 Å². The molecule has 8 heteroatoms. The highest BCUT2D eigenvalue weighted by Gasteiger charge is 2.46. The highest BCUT2D eigenvalue weighted by Crippen LogP contribution is 2.48. The monoisotopic (exact) mass is 382 g/mol. The zero-order valence-electron chi connectivity index (χ0n) is 14.3. The number of aromatic nitrogens is 2. The van der Waals surface area contributed by atoms with Gasteiger partial charge in [0.1, 0.15) is 11.6 Å². The third kappa shape index (κ3) is 2.77. The molecule has 1 aromatic heterocycles. The summed E-state index contributed by atoms with van der Waals surface area (Å²) in [5.74, 6) is -1.43. The van der Waals surface area contributed by atoms with Crippen LogP contribution in [0.15, 0.2) is 72.1 Å². The molecule has 0 saturated heterocycles. The molecule has 1 atom stereocenters. The molecule has 140 valence electrons. The third-order valence-electron chi connectivity index (χ3n) is 4.45. The molecule has 0 radical (unpaired) electrons. The summed E-state index contributed by atoms with van der Waals surface area (Å²) in [5.41, 5.74) is 5.36. The predicted octanol–water partition coefficient (Wildman–Crippen LogP) is 4.11. The van der Waals surface area contributed by atoms with Crippen LogP contribution in [-0.4, -0.2) is 9.78 Å². The van der Waals surface area contributed by atoms with Crippen LogP contribution in [0.4, 0.5) is 13.2 Å². The molecule has 0 aliphatic carbocycles. The van der Waals surface area contributed by atoms with Crippen LogP contribution in [0.2, 0.25) is 0 Å². The highest BCUT2D eigenvalue weighted by molar-refractivity contribution is 5.57. The first-order chi connectivity index (χ1) is 13.4. The molecular formula is C20H13F3N4O. The molecule has 0 bridgehead atoms. The summed E-state index contributed by atoms with van der Waals surface area (Å²) < 4.78 is 48.1. The lowest BCUT2D eigenvalue weighted by Crippen LogP contribution is -2.23. The Morgan fingerprint density at radius 3 is 2.21 bits per heavy atom. The van der Waals surface area contributed by atoms with Crippen LogP contribution in [0.25, 0.3) is 5.69 Å². The second kappa shape index (κ2) is 6.46. The molecule has 1 aliphatic heterocycles. The molecule has 0 saturated carbocycles. The summed E-state index contributed by atoms with van der Waals surface area (Å²) in [6.45, 7) is 0. The van der Waals surface area contributed by atoms with Crippen molar-refractivity contribution in [2.75, 3.05) is 0 Å². The molecule has 0 fully saturated rings. The largest absolute Gasteiger partial charge is 0.435 e. The van der Waals surface area contributed by atoms with E-state index in [4.69, 9.17) is 10.5 Å². The van der Waals surface area contributed by atoms with Crippen LogP contribution in [0.5, 0.6) is 5.88 Å². The number of alkyl halides is 3. The molecule has 5 nitrogen and oxygen atoms in total. The first kappa shape index (κ1) is 17.7. The Bertz CT molecular complexity index is 1100. The van der Waals surface area contributed by atoms with Gasteiger partial charge in [-0.25, -0.2) is 0 Å². The Hall–Kier alpha value is -3.73. The van der Waals surface area contributed by atoms with Gasteiger partial charge in [0.25, 0.3) is 0 Å². The maximum Gasteiger partial charge on any atom is 0.435 e. The van der Waals surface area contributed by atoms with E-state index in [0.717, 1.165) is 4.68 Å². The van der Waals surface area contributed by atoms with E-state index in [1.54, 1.807) is 60.7 Å². The molecule has 0 amide bonds. The standard InChI is InChI=1S/C20H13F3N4O/c21-20(22,23)17-16-15(12-7-3-1-4-8-12)14(11-24)18(25)28-19(16)27(26-17)13-9-5-2-6-10-13/h1-10,15H,25H2/t15-/m1/s1. The second-order valence-electron chi connectivity index (χ2n) is 6.15. The lowest BCUT2D eigenvalue weighted by molar-refractivity contribution is -0.142. The molecular weight excluding hydrogens is 369 g/mol. The van der Waals surface area contributed by atoms with Crippen LogP contribution in [0.1, 0.15) is 22.7 Å². The summed E-state index contributed by atoms with van der Waals surface area (Å²) >= 11 is 0. The number of allylic oxidation sites excluding steroid dienone is 1. The van der Waals surface area contributed by atoms with Crippen LogP contribution >= 0.6 is 0 Å². The molecule has 28 heavy (non-hydrogen) atoms. The van der Waals surface area contributed by atoms with Crippen molar-refractivity contribution in [3.8, 4) is 17.6 Å². The SMILES string of the molecule is N#CC1=C(N)Oc2c(c(C(F)(F)F)nn2-c2ccccc2)[C@@H]1c1ccccc1. The molecule has 0 spiro atoms. The van der Waals surface area contributed by atoms with Gasteiger partial charge in [-0.15, -0.1) is 0 Å². The van der Waals surface area contributed by atoms with Gasteiger partial charge >= 0.3 is 6.18 Å². The van der Waals surface area contributed by atoms with E-state index in [2.05, 4.69) is 5.10 Å². The number of nitrogens with two attached hydrogens (primary N) is 1. The van der Waals surface area contributed by atoms with Crippen molar-refractivity contribution in [1.82, 2.24) is 9.78 Å². The average molecular weight is 382 g/mol. The molecule has 2 aromatic carbocycles. The molecule has 0 unspecified atom stereocenters. The fourth-order valence-electron chi connectivity index (χ4n) is 3.27. The molecule has 2 N–H and O–H groups in total. The van der Waals surface area contributed by atoms with Gasteiger partial charge in [0.05, 0.1) is 17.2 Å². The van der Waals surface area contributed by atoms with Crippen LogP contribution < -0.4 is 10.5 Å². The maximum absolute atomic E-state index is 13.9. The summed E-state index contributed by atoms with van der Waals surface area (Å²) in [6, 6.07) is 18.6. The molecule has 2 heterocycles. The van der Waals surface area contributed by atoms with Crippen molar-refractivity contribution >= 4 is 0 Å². The Morgan fingerprint density at radius 2 is 1.64 bits per heavy atom. The van der Waals surface area contributed by atoms with Gasteiger partial charge in [-0.3, -0.25) is 0 Å². The third-order valence-corrected chi connectivity index (χ3v) is 4.45. The lowest BCUT2D eigenvalue weighted by atomic mass is 9.84. The first-order valence-electron chi connectivity index (χ1n) is 8.30. The number of rotatable bonds is 2. The molecule has 4 rings (SSSR count). The van der Waals surface area contributed by atoms with E-state index in [1.807, 2.05) is 6.07 Å². The Kier molecular flexibility index (Phi) is 4.08. The van der Waals surface area contributed by atoms with E-state index in [9.17, 15) is 18.4 Å². The Labute approximate surface area is 158 Å². The Morgan fingerprint density at radius 1 is 1.04 bits per heavy atom. The minimum absolute atomic E-state index is 0.0863. The molecule has 1 aliphatic rings. The lowest BCUT2D eigenvalue weighted by Gasteiger charge is -2.25. The van der Waals surface area contributed by atoms with Crippen molar-refractivity contribution in [1.29, 1.82) is 5.26 Å². The number of hydrogen-bond donors (Lipinski definition) is 1. The number of halogens is 3. The van der Waals surface area contributed by atoms with E-state index in [-0.39, 0.29) is 22.9 Å². The van der Waals surface area contributed by atoms with E-state index in [0.29, 0.717) is 11.3 Å². The fourth-order valence-corrected chi connectivity index (χ4v) is 3.27. The van der Waals surface area contributed by atoms with Crippen LogP contribution in [-0.2, 0) is 6.18 Å². The number of benzene rings is 2. The molecule has 3 aromatic rings. The zero-order chi connectivity index (χ0) is 19.9. The van der Waals surface area contributed by atoms with E-state index in [1.165, 1.54) is 0 Å². The normalized spacial score (nSPS) is 16.3. The number of nitriles is 1. The quantitative estimate of drug-likeness (QED) is 0.724. The smallest absolute Gasteiger partial charge is 0.422 e. The summed E-state index contributed by atoms with van der Waals surface area (Å²) in [7, 11) is 0. The van der Waals surface area contributed by atoms with E-state index < -0.39 is 17.8 Å². The predicted molar refractivity (Wildman–Crippen MR) is 94.3 cm³/mol. The van der Waals surface area contributed by atoms with Crippen molar-refractivity contribution in [3.63, 3.8) is 0 Å². The van der Waals surface area contributed by atoms with Gasteiger partial charge in [0.15, 0.2) is 5.69 Å². The van der Waals surface area contributed by atoms with Crippen LogP contribution in [0, 0.1) is 11.3 Å². The summed E-state index contributed by atoms with van der Waals surface area (Å²) in [4.78, 5) is 0. The van der Waals surface area contributed by atoms with E-state index >= 15 is 0 Å². The van der Waals surface area contributed by atoms with Crippen LogP contribution in [0.3, 0.4) is 0 Å². The number of hydrogen-bond acceptors (Lipinski definition) is 4. The summed E-state index contributed by atoms with van der Waals surface area (Å²) in [5, 5.41) is 13.3. The number of fused-ring (bicyclic) bond motifs is 1. The highest BCUT2D eigenvalue weighted by atomic mass is 19.4. The summed E-state index contributed by atoms with van der Waals surface area (Å²) in [6.07, 6.45) is -4.74. The van der Waals surface area contributed by atoms with Gasteiger partial charge in [-0.1, -0.05) is 48.5 Å². The fraction of sp³-hybridized carbons (Fsp3) is 0.100. The van der Waals surface area contributed by atoms with Gasteiger partial charge in [-0.2, -0.15) is 28.2 Å². The van der Waals surface area contributed by atoms with Gasteiger partial charge in [0.2, 0.25) is 11.8 Å². The van der Waals surface area contributed by atoms with Gasteiger partial charge in [0, 0.05) is 0 Å². The zero-order valence-corrected chi connectivity index (χ0v) is 14.3. The number of para-hydroxylation sites is 1. The minimum atomic E-state index is -4.74. The first-order valence-corrected chi connectivity index (χ1v) is 8.30. The number of nitrogens with zero attached hydrogens (tertiary/aromatic N) is 3. The minimum Gasteiger partial charge on any atom is -0.422 e. The maximum atomic E-state index is 13.9. The van der Waals surface area contributed by atoms with Crippen molar-refractivity contribution < 1.29 is 17.9 Å². The van der Waals surface area contributed by atoms with Crippen molar-refractivity contribution in [3.05, 3.63) is 88.9 Å². The van der Waals surface area contributed by atoms with Gasteiger partial charge in [-0.05, 0) is 17.7 Å². The second-order valence-corrected chi connectivity index (χ2v) is 6.15. The number of ether oxygens (including phenoxy) is 1. The topological polar surface area (TPSA) is 76.9 Å². The van der Waals surface area contributed by atoms with Gasteiger partial charge < -0.3 is 10.5 Å². The average Bonchev–Trinajstić information content (AvgIpc) is 3.07.